The van der Waals surface area contributed by atoms with E-state index in [1.807, 2.05) is 24.3 Å². The van der Waals surface area contributed by atoms with E-state index in [1.54, 1.807) is 0 Å². The van der Waals surface area contributed by atoms with Crippen LogP contribution in [0.3, 0.4) is 0 Å². The van der Waals surface area contributed by atoms with Crippen LogP contribution in [0, 0.1) is 5.92 Å². The Balaban J connectivity index is 1.59. The van der Waals surface area contributed by atoms with Gasteiger partial charge in [0.05, 0.1) is 18.1 Å². The Kier molecular flexibility index (Phi) is 5.24. The number of piperidine rings is 1. The van der Waals surface area contributed by atoms with Crippen molar-refractivity contribution >= 4 is 11.9 Å². The Morgan fingerprint density at radius 3 is 2.80 bits per heavy atom. The van der Waals surface area contributed by atoms with E-state index in [0.717, 1.165) is 30.9 Å². The van der Waals surface area contributed by atoms with Gasteiger partial charge in [0.25, 0.3) is 0 Å². The summed E-state index contributed by atoms with van der Waals surface area (Å²) < 4.78 is 5.43. The number of nitrogens with zero attached hydrogens (tertiary/aromatic N) is 1. The van der Waals surface area contributed by atoms with Crippen LogP contribution < -0.4 is 10.1 Å². The van der Waals surface area contributed by atoms with E-state index in [-0.39, 0.29) is 25.5 Å². The molecule has 2 fully saturated rings. The van der Waals surface area contributed by atoms with Crippen LogP contribution in [0.5, 0.6) is 5.75 Å². The molecule has 0 bridgehead atoms. The predicted octanol–water partition coefficient (Wildman–Crippen LogP) is 0.613. The second-order valence-corrected chi connectivity index (χ2v) is 6.79. The number of aliphatic hydroxyl groups is 1. The number of likely N-dealkylation sites (tertiary alicyclic amines) is 1. The minimum atomic E-state index is -0.888. The van der Waals surface area contributed by atoms with Crippen LogP contribution in [-0.2, 0) is 16.1 Å². The predicted molar refractivity (Wildman–Crippen MR) is 90.2 cm³/mol. The lowest BCUT2D eigenvalue weighted by atomic mass is 9.77. The molecule has 1 amide bonds. The number of carboxylic acid groups (broad SMARTS) is 1. The molecule has 3 rings (SSSR count). The number of carbonyl (C=O) groups excluding carboxylic acids is 1. The van der Waals surface area contributed by atoms with Crippen molar-refractivity contribution in [2.24, 2.45) is 5.92 Å². The Hall–Kier alpha value is -2.12. The van der Waals surface area contributed by atoms with E-state index < -0.39 is 17.4 Å². The molecule has 2 heterocycles. The van der Waals surface area contributed by atoms with E-state index in [0.29, 0.717) is 12.8 Å². The zero-order valence-corrected chi connectivity index (χ0v) is 14.1. The first-order chi connectivity index (χ1) is 12.0. The first-order valence-electron chi connectivity index (χ1n) is 8.61. The molecule has 7 nitrogen and oxygen atoms in total. The van der Waals surface area contributed by atoms with Gasteiger partial charge in [-0.1, -0.05) is 12.1 Å². The molecule has 25 heavy (non-hydrogen) atoms. The average molecular weight is 348 g/mol. The molecule has 2 saturated heterocycles. The van der Waals surface area contributed by atoms with Crippen LogP contribution in [0.4, 0.5) is 0 Å². The molecule has 1 atom stereocenters. The highest BCUT2D eigenvalue weighted by molar-refractivity contribution is 5.88. The average Bonchev–Trinajstić information content (AvgIpc) is 2.92. The Morgan fingerprint density at radius 1 is 1.36 bits per heavy atom. The summed E-state index contributed by atoms with van der Waals surface area (Å²) in [5.74, 6) is -0.943. The van der Waals surface area contributed by atoms with Crippen LogP contribution in [0.15, 0.2) is 24.3 Å². The molecule has 1 spiro atoms. The lowest BCUT2D eigenvalue weighted by Crippen LogP contribution is -2.55. The van der Waals surface area contributed by atoms with Crippen molar-refractivity contribution in [3.8, 4) is 5.75 Å². The zero-order chi connectivity index (χ0) is 17.9. The molecule has 7 heteroatoms. The van der Waals surface area contributed by atoms with Gasteiger partial charge < -0.3 is 20.3 Å². The molecule has 0 aromatic heterocycles. The fourth-order valence-electron chi connectivity index (χ4n) is 3.86. The third-order valence-corrected chi connectivity index (χ3v) is 5.16. The second kappa shape index (κ2) is 7.41. The number of hydrogen-bond acceptors (Lipinski definition) is 5. The van der Waals surface area contributed by atoms with Crippen LogP contribution in [-0.4, -0.2) is 58.8 Å². The van der Waals surface area contributed by atoms with Crippen molar-refractivity contribution in [1.29, 1.82) is 0 Å². The number of rotatable bonds is 6. The van der Waals surface area contributed by atoms with Gasteiger partial charge in [0.2, 0.25) is 5.91 Å². The van der Waals surface area contributed by atoms with Crippen LogP contribution >= 0.6 is 0 Å². The van der Waals surface area contributed by atoms with Crippen molar-refractivity contribution in [1.82, 2.24) is 10.2 Å². The van der Waals surface area contributed by atoms with Crippen molar-refractivity contribution < 1.29 is 24.5 Å². The molecule has 0 radical (unpaired) electrons. The van der Waals surface area contributed by atoms with Crippen molar-refractivity contribution in [3.05, 3.63) is 29.8 Å². The summed E-state index contributed by atoms with van der Waals surface area (Å²) in [6, 6.07) is 7.76. The van der Waals surface area contributed by atoms with Gasteiger partial charge in [-0.2, -0.15) is 0 Å². The number of benzene rings is 1. The molecule has 3 N–H and O–H groups in total. The number of carboxylic acids is 1. The third kappa shape index (κ3) is 3.93. The zero-order valence-electron chi connectivity index (χ0n) is 14.1. The van der Waals surface area contributed by atoms with Crippen molar-refractivity contribution in [3.63, 3.8) is 0 Å². The summed E-state index contributed by atoms with van der Waals surface area (Å²) in [6.07, 6.45) is 1.38. The number of ether oxygens (including phenoxy) is 1. The number of amides is 1. The third-order valence-electron chi connectivity index (χ3n) is 5.16. The summed E-state index contributed by atoms with van der Waals surface area (Å²) in [4.78, 5) is 25.5. The molecule has 1 aromatic rings. The highest BCUT2D eigenvalue weighted by Gasteiger charge is 2.51. The van der Waals surface area contributed by atoms with E-state index in [9.17, 15) is 14.7 Å². The molecular formula is C18H24N2O5. The Bertz CT molecular complexity index is 640. The number of aliphatic carboxylic acids is 1. The summed E-state index contributed by atoms with van der Waals surface area (Å²) in [6.45, 7) is 2.48. The van der Waals surface area contributed by atoms with Gasteiger partial charge in [0.1, 0.15) is 12.4 Å². The first-order valence-corrected chi connectivity index (χ1v) is 8.61. The Labute approximate surface area is 146 Å². The smallest absolute Gasteiger partial charge is 0.309 e. The molecule has 2 aliphatic rings. The van der Waals surface area contributed by atoms with Crippen LogP contribution in [0.25, 0.3) is 0 Å². The fourth-order valence-corrected chi connectivity index (χ4v) is 3.86. The number of hydrogen-bond donors (Lipinski definition) is 3. The van der Waals surface area contributed by atoms with E-state index in [4.69, 9.17) is 9.84 Å². The molecule has 136 valence electrons. The largest absolute Gasteiger partial charge is 0.491 e. The quantitative estimate of drug-likeness (QED) is 0.697. The second-order valence-electron chi connectivity index (χ2n) is 6.79. The monoisotopic (exact) mass is 348 g/mol. The van der Waals surface area contributed by atoms with Crippen molar-refractivity contribution in [2.75, 3.05) is 26.3 Å². The lowest BCUT2D eigenvalue weighted by molar-refractivity contribution is -0.144. The van der Waals surface area contributed by atoms with Crippen molar-refractivity contribution in [2.45, 2.75) is 31.3 Å². The Morgan fingerprint density at radius 2 is 2.12 bits per heavy atom. The summed E-state index contributed by atoms with van der Waals surface area (Å²) in [7, 11) is 0. The molecule has 2 aliphatic heterocycles. The summed E-state index contributed by atoms with van der Waals surface area (Å²) in [5, 5.41) is 21.2. The van der Waals surface area contributed by atoms with Gasteiger partial charge in [-0.3, -0.25) is 14.5 Å². The molecule has 0 aliphatic carbocycles. The molecule has 0 saturated carbocycles. The minimum Gasteiger partial charge on any atom is -0.491 e. The molecular weight excluding hydrogens is 324 g/mol. The van der Waals surface area contributed by atoms with Gasteiger partial charge in [-0.05, 0) is 30.5 Å². The number of carbonyl (C=O) groups is 2. The van der Waals surface area contributed by atoms with E-state index in [2.05, 4.69) is 10.2 Å². The topological polar surface area (TPSA) is 99.1 Å². The normalized spacial score (nSPS) is 22.8. The maximum Gasteiger partial charge on any atom is 0.309 e. The number of nitrogens with one attached hydrogen (secondary N) is 1. The highest BCUT2D eigenvalue weighted by Crippen LogP contribution is 2.37. The maximum atomic E-state index is 11.7. The fraction of sp³-hybridized carbons (Fsp3) is 0.556. The summed E-state index contributed by atoms with van der Waals surface area (Å²) in [5.41, 5.74) is 0.516. The first kappa shape index (κ1) is 17.7. The van der Waals surface area contributed by atoms with E-state index >= 15 is 0 Å². The summed E-state index contributed by atoms with van der Waals surface area (Å²) >= 11 is 0. The van der Waals surface area contributed by atoms with Gasteiger partial charge in [0.15, 0.2) is 0 Å². The standard InChI is InChI=1S/C18H24N2O5/c21-8-9-25-14-3-1-2-13(10-14)12-20-6-4-18(5-7-20)15(17(23)24)11-16(22)19-18/h1-3,10,15,21H,4-9,11-12H2,(H,19,22)(H,23,24)/t15-/m0/s1. The van der Waals surface area contributed by atoms with Gasteiger partial charge in [-0.15, -0.1) is 0 Å². The minimum absolute atomic E-state index is 0.0189. The molecule has 0 unspecified atom stereocenters. The van der Waals surface area contributed by atoms with Crippen LogP contribution in [0.2, 0.25) is 0 Å². The van der Waals surface area contributed by atoms with Crippen LogP contribution in [0.1, 0.15) is 24.8 Å². The van der Waals surface area contributed by atoms with Gasteiger partial charge in [0, 0.05) is 26.1 Å². The number of aliphatic hydroxyl groups excluding tert-OH is 1. The van der Waals surface area contributed by atoms with Gasteiger partial charge in [-0.25, -0.2) is 0 Å². The molecule has 1 aromatic carbocycles. The maximum absolute atomic E-state index is 11.7. The lowest BCUT2D eigenvalue weighted by Gasteiger charge is -2.41. The highest BCUT2D eigenvalue weighted by atomic mass is 16.5. The van der Waals surface area contributed by atoms with E-state index in [1.165, 1.54) is 0 Å². The van der Waals surface area contributed by atoms with Gasteiger partial charge >= 0.3 is 5.97 Å². The SMILES string of the molecule is O=C1C[C@@H](C(=O)O)C2(CCN(Cc3cccc(OCCO)c3)CC2)N1.